The van der Waals surface area contributed by atoms with Crippen LogP contribution in [0.4, 0.5) is 5.95 Å². The fraction of sp³-hybridized carbons (Fsp3) is 0.556. The number of anilines is 1. The number of likely N-dealkylation sites (tertiary alicyclic amines) is 1. The van der Waals surface area contributed by atoms with Crippen LogP contribution in [0, 0.1) is 12.8 Å². The Morgan fingerprint density at radius 2 is 2.19 bits per heavy atom. The zero-order valence-corrected chi connectivity index (χ0v) is 15.9. The summed E-state index contributed by atoms with van der Waals surface area (Å²) >= 11 is 6.47. The number of rotatable bonds is 4. The minimum Gasteiger partial charge on any atom is -0.345 e. The monoisotopic (exact) mass is 374 g/mol. The summed E-state index contributed by atoms with van der Waals surface area (Å²) in [7, 11) is 1.86. The number of benzene rings is 1. The van der Waals surface area contributed by atoms with Gasteiger partial charge < -0.3 is 9.80 Å². The van der Waals surface area contributed by atoms with Gasteiger partial charge in [0.05, 0.1) is 0 Å². The molecule has 2 aromatic rings. The van der Waals surface area contributed by atoms with Crippen LogP contribution in [0.15, 0.2) is 12.1 Å². The number of carbonyl (C=O) groups excluding carboxylic acids is 1. The minimum absolute atomic E-state index is 0.226. The van der Waals surface area contributed by atoms with Crippen LogP contribution < -0.4 is 4.90 Å². The summed E-state index contributed by atoms with van der Waals surface area (Å²) in [5.41, 5.74) is 3.68. The van der Waals surface area contributed by atoms with E-state index in [1.165, 1.54) is 16.7 Å². The van der Waals surface area contributed by atoms with Gasteiger partial charge >= 0.3 is 0 Å². The van der Waals surface area contributed by atoms with Crippen molar-refractivity contribution < 1.29 is 4.79 Å². The van der Waals surface area contributed by atoms with Crippen molar-refractivity contribution >= 4 is 23.5 Å². The molecular weight excluding hydrogens is 352 g/mol. The molecule has 8 heteroatoms. The van der Waals surface area contributed by atoms with Crippen LogP contribution in [-0.4, -0.2) is 51.2 Å². The average Bonchev–Trinajstić information content (AvgIpc) is 3.19. The molecule has 0 spiro atoms. The highest BCUT2D eigenvalue weighted by Gasteiger charge is 2.28. The first-order valence-electron chi connectivity index (χ1n) is 9.04. The lowest BCUT2D eigenvalue weighted by Crippen LogP contribution is -2.33. The highest BCUT2D eigenvalue weighted by atomic mass is 35.5. The fourth-order valence-corrected chi connectivity index (χ4v) is 4.32. The molecule has 1 aromatic carbocycles. The highest BCUT2D eigenvalue weighted by Crippen LogP contribution is 2.30. The molecule has 0 saturated carbocycles. The standard InChI is InChI=1S/C18H23ClN6O/c1-12-7-14-4-5-24(11-15(14)16(19)8-12)18-20-21-22-25(18)6-3-13-9-17(26)23(2)10-13/h7-8,13H,3-6,9-11H2,1-2H3. The molecular formula is C18H23ClN6O. The molecule has 2 aliphatic rings. The summed E-state index contributed by atoms with van der Waals surface area (Å²) in [6.07, 6.45) is 2.46. The van der Waals surface area contributed by atoms with Gasteiger partial charge in [-0.25, -0.2) is 4.68 Å². The van der Waals surface area contributed by atoms with Crippen LogP contribution in [0.25, 0.3) is 0 Å². The van der Waals surface area contributed by atoms with Gasteiger partial charge in [0, 0.05) is 44.7 Å². The number of hydrogen-bond acceptors (Lipinski definition) is 5. The van der Waals surface area contributed by atoms with E-state index in [1.54, 1.807) is 4.90 Å². The molecule has 0 bridgehead atoms. The van der Waals surface area contributed by atoms with E-state index >= 15 is 0 Å². The highest BCUT2D eigenvalue weighted by molar-refractivity contribution is 6.31. The maximum atomic E-state index is 11.7. The second-order valence-electron chi connectivity index (χ2n) is 7.39. The van der Waals surface area contributed by atoms with E-state index in [4.69, 9.17) is 11.6 Å². The molecule has 1 saturated heterocycles. The largest absolute Gasteiger partial charge is 0.345 e. The number of carbonyl (C=O) groups is 1. The van der Waals surface area contributed by atoms with Gasteiger partial charge in [0.25, 0.3) is 0 Å². The fourth-order valence-electron chi connectivity index (χ4n) is 3.97. The molecule has 1 aromatic heterocycles. The zero-order chi connectivity index (χ0) is 18.3. The normalized spacial score (nSPS) is 20.0. The number of tetrazole rings is 1. The van der Waals surface area contributed by atoms with E-state index in [9.17, 15) is 4.79 Å². The number of nitrogens with zero attached hydrogens (tertiary/aromatic N) is 6. The maximum Gasteiger partial charge on any atom is 0.245 e. The third-order valence-corrected chi connectivity index (χ3v) is 5.74. The Bertz CT molecular complexity index is 835. The number of aromatic nitrogens is 4. The van der Waals surface area contributed by atoms with Gasteiger partial charge in [0.15, 0.2) is 0 Å². The number of aryl methyl sites for hydroxylation is 2. The van der Waals surface area contributed by atoms with Crippen LogP contribution in [0.1, 0.15) is 29.5 Å². The van der Waals surface area contributed by atoms with Gasteiger partial charge in [0.1, 0.15) is 0 Å². The van der Waals surface area contributed by atoms with Crippen molar-refractivity contribution in [3.05, 3.63) is 33.8 Å². The first-order chi connectivity index (χ1) is 12.5. The van der Waals surface area contributed by atoms with Gasteiger partial charge in [-0.05, 0) is 58.9 Å². The first kappa shape index (κ1) is 17.3. The molecule has 0 aliphatic carbocycles. The van der Waals surface area contributed by atoms with E-state index < -0.39 is 0 Å². The number of fused-ring (bicyclic) bond motifs is 1. The Labute approximate surface area is 157 Å². The van der Waals surface area contributed by atoms with Crippen LogP contribution in [0.5, 0.6) is 0 Å². The molecule has 0 N–H and O–H groups in total. The second kappa shape index (κ2) is 6.87. The Morgan fingerprint density at radius 3 is 2.96 bits per heavy atom. The van der Waals surface area contributed by atoms with Crippen molar-refractivity contribution in [2.75, 3.05) is 25.0 Å². The van der Waals surface area contributed by atoms with Gasteiger partial charge in [-0.1, -0.05) is 22.8 Å². The lowest BCUT2D eigenvalue weighted by Gasteiger charge is -2.30. The van der Waals surface area contributed by atoms with Gasteiger partial charge in [0.2, 0.25) is 11.9 Å². The number of amides is 1. The van der Waals surface area contributed by atoms with E-state index in [1.807, 2.05) is 17.8 Å². The molecule has 4 rings (SSSR count). The van der Waals surface area contributed by atoms with Crippen LogP contribution >= 0.6 is 11.6 Å². The Balaban J connectivity index is 1.46. The molecule has 0 radical (unpaired) electrons. The summed E-state index contributed by atoms with van der Waals surface area (Å²) in [4.78, 5) is 15.7. The molecule has 1 atom stereocenters. The summed E-state index contributed by atoms with van der Waals surface area (Å²) in [5.74, 6) is 1.39. The van der Waals surface area contributed by atoms with Crippen molar-refractivity contribution in [3.63, 3.8) is 0 Å². The van der Waals surface area contributed by atoms with E-state index in [2.05, 4.69) is 33.4 Å². The number of hydrogen-bond donors (Lipinski definition) is 0. The molecule has 1 fully saturated rings. The molecule has 3 heterocycles. The van der Waals surface area contributed by atoms with Crippen LogP contribution in [0.3, 0.4) is 0 Å². The lowest BCUT2D eigenvalue weighted by molar-refractivity contribution is -0.126. The third kappa shape index (κ3) is 3.28. The first-order valence-corrected chi connectivity index (χ1v) is 9.42. The van der Waals surface area contributed by atoms with Gasteiger partial charge in [-0.3, -0.25) is 4.79 Å². The topological polar surface area (TPSA) is 67.2 Å². The maximum absolute atomic E-state index is 11.7. The summed E-state index contributed by atoms with van der Waals surface area (Å²) in [6.45, 7) is 5.21. The Kier molecular flexibility index (Phi) is 4.56. The summed E-state index contributed by atoms with van der Waals surface area (Å²) < 4.78 is 1.86. The van der Waals surface area contributed by atoms with Crippen LogP contribution in [-0.2, 0) is 24.3 Å². The van der Waals surface area contributed by atoms with Crippen molar-refractivity contribution in [1.82, 2.24) is 25.1 Å². The minimum atomic E-state index is 0.226. The van der Waals surface area contributed by atoms with E-state index in [-0.39, 0.29) is 5.91 Å². The SMILES string of the molecule is Cc1cc(Cl)c2c(c1)CCN(c1nnnn1CCC1CC(=O)N(C)C1)C2. The Morgan fingerprint density at radius 1 is 1.35 bits per heavy atom. The quantitative estimate of drug-likeness (QED) is 0.819. The van der Waals surface area contributed by atoms with Crippen molar-refractivity contribution in [2.45, 2.75) is 39.3 Å². The Hall–Kier alpha value is -2.15. The molecule has 26 heavy (non-hydrogen) atoms. The second-order valence-corrected chi connectivity index (χ2v) is 7.80. The molecule has 1 unspecified atom stereocenters. The third-order valence-electron chi connectivity index (χ3n) is 5.40. The lowest BCUT2D eigenvalue weighted by atomic mass is 9.98. The van der Waals surface area contributed by atoms with E-state index in [0.29, 0.717) is 12.3 Å². The number of halogens is 1. The summed E-state index contributed by atoms with van der Waals surface area (Å²) in [5, 5.41) is 13.1. The van der Waals surface area contributed by atoms with Crippen molar-refractivity contribution in [3.8, 4) is 0 Å². The van der Waals surface area contributed by atoms with Gasteiger partial charge in [-0.15, -0.1) is 0 Å². The molecule has 1 amide bonds. The average molecular weight is 375 g/mol. The smallest absolute Gasteiger partial charge is 0.245 e. The zero-order valence-electron chi connectivity index (χ0n) is 15.2. The summed E-state index contributed by atoms with van der Waals surface area (Å²) in [6, 6.07) is 4.23. The predicted octanol–water partition coefficient (Wildman–Crippen LogP) is 2.07. The van der Waals surface area contributed by atoms with Crippen molar-refractivity contribution in [1.29, 1.82) is 0 Å². The predicted molar refractivity (Wildman–Crippen MR) is 99.1 cm³/mol. The molecule has 138 valence electrons. The van der Waals surface area contributed by atoms with Crippen LogP contribution in [0.2, 0.25) is 5.02 Å². The van der Waals surface area contributed by atoms with Gasteiger partial charge in [-0.2, -0.15) is 0 Å². The molecule has 7 nitrogen and oxygen atoms in total. The molecule has 2 aliphatic heterocycles. The van der Waals surface area contributed by atoms with Crippen molar-refractivity contribution in [2.24, 2.45) is 5.92 Å². The van der Waals surface area contributed by atoms with E-state index in [0.717, 1.165) is 50.0 Å².